The zero-order valence-electron chi connectivity index (χ0n) is 8.49. The molecule has 3 N–H and O–H groups in total. The number of aliphatic hydroxyl groups excluding tert-OH is 1. The molecular weight excluding hydrogens is 214 g/mol. The van der Waals surface area contributed by atoms with Gasteiger partial charge < -0.3 is 15.5 Å². The van der Waals surface area contributed by atoms with Gasteiger partial charge >= 0.3 is 5.97 Å². The van der Waals surface area contributed by atoms with Crippen LogP contribution < -0.4 is 5.32 Å². The van der Waals surface area contributed by atoms with Crippen molar-refractivity contribution < 1.29 is 19.8 Å². The lowest BCUT2D eigenvalue weighted by molar-refractivity contribution is -0.141. The third-order valence-corrected chi connectivity index (χ3v) is 1.86. The minimum atomic E-state index is -1.35. The Morgan fingerprint density at radius 3 is 2.38 bits per heavy atom. The third kappa shape index (κ3) is 2.99. The lowest BCUT2D eigenvalue weighted by Crippen LogP contribution is -2.47. The fourth-order valence-electron chi connectivity index (χ4n) is 1.03. The quantitative estimate of drug-likeness (QED) is 0.608. The van der Waals surface area contributed by atoms with Gasteiger partial charge in [-0.1, -0.05) is 0 Å². The molecule has 0 aromatic carbocycles. The van der Waals surface area contributed by atoms with Gasteiger partial charge in [-0.25, -0.2) is 14.8 Å². The van der Waals surface area contributed by atoms with Crippen LogP contribution in [-0.4, -0.2) is 44.2 Å². The maximum Gasteiger partial charge on any atom is 0.328 e. The van der Waals surface area contributed by atoms with Crippen molar-refractivity contribution in [2.45, 2.75) is 19.1 Å². The van der Waals surface area contributed by atoms with Gasteiger partial charge in [-0.05, 0) is 6.92 Å². The molecule has 1 amide bonds. The highest BCUT2D eigenvalue weighted by molar-refractivity contribution is 5.96. The van der Waals surface area contributed by atoms with Gasteiger partial charge in [0.25, 0.3) is 5.91 Å². The molecule has 2 unspecified atom stereocenters. The lowest BCUT2D eigenvalue weighted by Gasteiger charge is -2.16. The molecule has 1 aromatic rings. The summed E-state index contributed by atoms with van der Waals surface area (Å²) in [6.45, 7) is 1.28. The van der Waals surface area contributed by atoms with Crippen LogP contribution in [0, 0.1) is 0 Å². The average molecular weight is 225 g/mol. The molecule has 0 saturated carbocycles. The molecule has 0 saturated heterocycles. The maximum absolute atomic E-state index is 11.5. The molecule has 0 aliphatic carbocycles. The van der Waals surface area contributed by atoms with E-state index >= 15 is 0 Å². The molecule has 7 heteroatoms. The van der Waals surface area contributed by atoms with Crippen LogP contribution in [0.2, 0.25) is 0 Å². The second kappa shape index (κ2) is 5.17. The predicted octanol–water partition coefficient (Wildman–Crippen LogP) is -0.960. The van der Waals surface area contributed by atoms with Gasteiger partial charge in [0, 0.05) is 12.4 Å². The van der Waals surface area contributed by atoms with Gasteiger partial charge in [0.15, 0.2) is 6.04 Å². The smallest absolute Gasteiger partial charge is 0.328 e. The highest BCUT2D eigenvalue weighted by Crippen LogP contribution is 1.98. The Bertz CT molecular complexity index is 380. The highest BCUT2D eigenvalue weighted by Gasteiger charge is 2.25. The van der Waals surface area contributed by atoms with Crippen LogP contribution in [0.3, 0.4) is 0 Å². The number of aromatic nitrogens is 2. The van der Waals surface area contributed by atoms with Crippen LogP contribution >= 0.6 is 0 Å². The Hall–Kier alpha value is -2.02. The number of carboxylic acids is 1. The first kappa shape index (κ1) is 12.1. The number of nitrogens with one attached hydrogen (secondary N) is 1. The Labute approximate surface area is 91.2 Å². The molecule has 0 aliphatic heterocycles. The van der Waals surface area contributed by atoms with E-state index in [0.29, 0.717) is 0 Å². The van der Waals surface area contributed by atoms with Crippen LogP contribution in [0.25, 0.3) is 0 Å². The number of aliphatic carboxylic acids is 1. The minimum Gasteiger partial charge on any atom is -0.480 e. The fraction of sp³-hybridized carbons (Fsp3) is 0.333. The van der Waals surface area contributed by atoms with E-state index in [1.807, 2.05) is 0 Å². The van der Waals surface area contributed by atoms with E-state index in [-0.39, 0.29) is 5.56 Å². The normalized spacial score (nSPS) is 13.9. The number of rotatable bonds is 4. The van der Waals surface area contributed by atoms with Crippen LogP contribution in [0.15, 0.2) is 18.7 Å². The zero-order chi connectivity index (χ0) is 12.1. The van der Waals surface area contributed by atoms with E-state index < -0.39 is 24.0 Å². The van der Waals surface area contributed by atoms with Gasteiger partial charge in [0.1, 0.15) is 6.33 Å². The summed E-state index contributed by atoms with van der Waals surface area (Å²) >= 11 is 0. The van der Waals surface area contributed by atoms with Gasteiger partial charge in [-0.2, -0.15) is 0 Å². The summed E-state index contributed by atoms with van der Waals surface area (Å²) in [6.07, 6.45) is 2.57. The molecule has 1 heterocycles. The first-order valence-corrected chi connectivity index (χ1v) is 4.49. The molecule has 0 spiro atoms. The van der Waals surface area contributed by atoms with Gasteiger partial charge in [-0.15, -0.1) is 0 Å². The van der Waals surface area contributed by atoms with Crippen molar-refractivity contribution in [1.29, 1.82) is 0 Å². The summed E-state index contributed by atoms with van der Waals surface area (Å²) in [7, 11) is 0. The van der Waals surface area contributed by atoms with E-state index in [4.69, 9.17) is 10.2 Å². The zero-order valence-corrected chi connectivity index (χ0v) is 8.49. The number of aliphatic hydroxyl groups is 1. The van der Waals surface area contributed by atoms with E-state index in [1.165, 1.54) is 25.6 Å². The molecule has 7 nitrogen and oxygen atoms in total. The van der Waals surface area contributed by atoms with Crippen molar-refractivity contribution in [3.63, 3.8) is 0 Å². The molecule has 1 rings (SSSR count). The summed E-state index contributed by atoms with van der Waals surface area (Å²) < 4.78 is 0. The molecule has 2 atom stereocenters. The van der Waals surface area contributed by atoms with Crippen molar-refractivity contribution in [3.8, 4) is 0 Å². The van der Waals surface area contributed by atoms with Crippen LogP contribution in [0.4, 0.5) is 0 Å². The van der Waals surface area contributed by atoms with Crippen LogP contribution in [0.5, 0.6) is 0 Å². The van der Waals surface area contributed by atoms with E-state index in [1.54, 1.807) is 0 Å². The van der Waals surface area contributed by atoms with Crippen molar-refractivity contribution in [2.24, 2.45) is 0 Å². The topological polar surface area (TPSA) is 112 Å². The largest absolute Gasteiger partial charge is 0.480 e. The standard InChI is InChI=1S/C9H11N3O4/c1-5(13)7(9(15)16)12-8(14)6-2-10-4-11-3-6/h2-5,7,13H,1H3,(H,12,14)(H,15,16). The summed E-state index contributed by atoms with van der Waals surface area (Å²) in [6, 6.07) is -1.35. The van der Waals surface area contributed by atoms with Gasteiger partial charge in [0.05, 0.1) is 11.7 Å². The second-order valence-corrected chi connectivity index (χ2v) is 3.16. The van der Waals surface area contributed by atoms with Crippen molar-refractivity contribution in [1.82, 2.24) is 15.3 Å². The Kier molecular flexibility index (Phi) is 3.90. The van der Waals surface area contributed by atoms with E-state index in [9.17, 15) is 9.59 Å². The van der Waals surface area contributed by atoms with Crippen molar-refractivity contribution >= 4 is 11.9 Å². The highest BCUT2D eigenvalue weighted by atomic mass is 16.4. The summed E-state index contributed by atoms with van der Waals surface area (Å²) in [5.74, 6) is -1.95. The summed E-state index contributed by atoms with van der Waals surface area (Å²) in [4.78, 5) is 29.4. The minimum absolute atomic E-state index is 0.134. The van der Waals surface area contributed by atoms with Crippen molar-refractivity contribution in [3.05, 3.63) is 24.3 Å². The molecule has 0 aliphatic rings. The van der Waals surface area contributed by atoms with E-state index in [2.05, 4.69) is 15.3 Å². The number of nitrogens with zero attached hydrogens (tertiary/aromatic N) is 2. The second-order valence-electron chi connectivity index (χ2n) is 3.16. The SMILES string of the molecule is CC(O)C(NC(=O)c1cncnc1)C(=O)O. The van der Waals surface area contributed by atoms with E-state index in [0.717, 1.165) is 0 Å². The molecule has 86 valence electrons. The summed E-state index contributed by atoms with van der Waals surface area (Å²) in [5.41, 5.74) is 0.134. The molecule has 16 heavy (non-hydrogen) atoms. The number of amides is 1. The third-order valence-electron chi connectivity index (χ3n) is 1.86. The molecule has 0 radical (unpaired) electrons. The average Bonchev–Trinajstić information content (AvgIpc) is 2.25. The number of hydrogen-bond donors (Lipinski definition) is 3. The fourth-order valence-corrected chi connectivity index (χ4v) is 1.03. The molecule has 0 fully saturated rings. The van der Waals surface area contributed by atoms with Gasteiger partial charge in [0.2, 0.25) is 0 Å². The maximum atomic E-state index is 11.5. The molecule has 1 aromatic heterocycles. The number of carboxylic acid groups (broad SMARTS) is 1. The predicted molar refractivity (Wildman–Crippen MR) is 52.6 cm³/mol. The first-order chi connectivity index (χ1) is 7.52. The van der Waals surface area contributed by atoms with Crippen molar-refractivity contribution in [2.75, 3.05) is 0 Å². The number of carbonyl (C=O) groups excluding carboxylic acids is 1. The monoisotopic (exact) mass is 225 g/mol. The van der Waals surface area contributed by atoms with Crippen LogP contribution in [0.1, 0.15) is 17.3 Å². The number of hydrogen-bond acceptors (Lipinski definition) is 5. The Morgan fingerprint density at radius 2 is 1.94 bits per heavy atom. The molecular formula is C9H11N3O4. The Morgan fingerprint density at radius 1 is 1.38 bits per heavy atom. The lowest BCUT2D eigenvalue weighted by atomic mass is 10.1. The van der Waals surface area contributed by atoms with Crippen LogP contribution in [-0.2, 0) is 4.79 Å². The summed E-state index contributed by atoms with van der Waals surface area (Å²) in [5, 5.41) is 20.0. The Balaban J connectivity index is 2.74. The first-order valence-electron chi connectivity index (χ1n) is 4.49. The van der Waals surface area contributed by atoms with Gasteiger partial charge in [-0.3, -0.25) is 4.79 Å². The molecule has 0 bridgehead atoms. The number of carbonyl (C=O) groups is 2.